The quantitative estimate of drug-likeness (QED) is 0.0186. The number of nitrogen functional groups attached to an aromatic ring is 1. The summed E-state index contributed by atoms with van der Waals surface area (Å²) in [6.07, 6.45) is 3.44. The van der Waals surface area contributed by atoms with Crippen LogP contribution in [0.25, 0.3) is 0 Å². The number of allylic oxidation sites excluding steroid dienone is 1. The second kappa shape index (κ2) is 40.1. The first-order chi connectivity index (χ1) is 33.6. The number of aliphatic hydroxyl groups is 1. The molecule has 3 aromatic carbocycles. The Morgan fingerprint density at radius 3 is 1.23 bits per heavy atom. The number of nitro groups is 3. The minimum absolute atomic E-state index is 0.0517. The van der Waals surface area contributed by atoms with Crippen LogP contribution in [0.5, 0.6) is 0 Å². The van der Waals surface area contributed by atoms with Gasteiger partial charge in [0.1, 0.15) is 30.0 Å². The van der Waals surface area contributed by atoms with Crippen LogP contribution in [-0.2, 0) is 28.6 Å². The van der Waals surface area contributed by atoms with Crippen LogP contribution in [0.4, 0.5) is 34.1 Å². The monoisotopic (exact) mass is 1050 g/mol. The van der Waals surface area contributed by atoms with Crippen molar-refractivity contribution in [1.29, 1.82) is 15.8 Å². The molecule has 26 heteroatoms. The SMILES string of the molecule is CCN(CC)CC.CCO.CCO/C=C(\C#N)C(C)=O.CCOC(=O)/C(C#N)=C/Nc1ccc([N+](=O)[O-])cc1Cl.CCOC(=O)/C(C#N)=C\Nc1ccc([N+](=O)[O-])cc1Cl.Nc1ccc([N+](=O)[O-])cc1Cl. The smallest absolute Gasteiger partial charge is 0.350 e. The van der Waals surface area contributed by atoms with Crippen LogP contribution in [0.2, 0.25) is 15.1 Å². The first-order valence-corrected chi connectivity index (χ1v) is 21.9. The average molecular weight is 1050 g/mol. The average Bonchev–Trinajstić information content (AvgIpc) is 3.33. The molecule has 0 spiro atoms. The van der Waals surface area contributed by atoms with Crippen molar-refractivity contribution in [2.75, 3.05) is 62.4 Å². The number of nitrogens with two attached hydrogens (primary N) is 1. The third-order valence-corrected chi connectivity index (χ3v) is 8.66. The number of benzene rings is 3. The fourth-order valence-electron chi connectivity index (χ4n) is 4.12. The van der Waals surface area contributed by atoms with Gasteiger partial charge in [0.25, 0.3) is 17.1 Å². The molecule has 0 atom stereocenters. The second-order valence-corrected chi connectivity index (χ2v) is 13.7. The summed E-state index contributed by atoms with van der Waals surface area (Å²) >= 11 is 17.2. The second-order valence-electron chi connectivity index (χ2n) is 12.5. The van der Waals surface area contributed by atoms with Crippen molar-refractivity contribution in [3.05, 3.63) is 135 Å². The summed E-state index contributed by atoms with van der Waals surface area (Å²) in [4.78, 5) is 65.2. The molecule has 0 saturated heterocycles. The lowest BCUT2D eigenvalue weighted by molar-refractivity contribution is -0.385. The van der Waals surface area contributed by atoms with E-state index in [1.54, 1.807) is 45.9 Å². The molecule has 3 aromatic rings. The van der Waals surface area contributed by atoms with Gasteiger partial charge in [0, 0.05) is 55.4 Å². The topological polar surface area (TPSA) is 353 Å². The van der Waals surface area contributed by atoms with Crippen molar-refractivity contribution in [3.63, 3.8) is 0 Å². The van der Waals surface area contributed by atoms with Gasteiger partial charge in [0.15, 0.2) is 16.9 Å². The third-order valence-electron chi connectivity index (χ3n) is 7.71. The maximum atomic E-state index is 11.3. The number of esters is 2. The van der Waals surface area contributed by atoms with Gasteiger partial charge in [-0.1, -0.05) is 55.6 Å². The Balaban J connectivity index is -0.000000842. The van der Waals surface area contributed by atoms with Crippen molar-refractivity contribution >= 4 is 86.6 Å². The molecule has 0 fully saturated rings. The number of anilines is 3. The fraction of sp³-hybridized carbons (Fsp3) is 0.333. The molecule has 23 nitrogen and oxygen atoms in total. The normalized spacial score (nSPS) is 10.1. The van der Waals surface area contributed by atoms with Gasteiger partial charge < -0.3 is 40.6 Å². The Morgan fingerprint density at radius 1 is 0.648 bits per heavy atom. The molecule has 384 valence electrons. The van der Waals surface area contributed by atoms with Crippen molar-refractivity contribution in [3.8, 4) is 18.2 Å². The highest BCUT2D eigenvalue weighted by Gasteiger charge is 2.14. The van der Waals surface area contributed by atoms with E-state index in [4.69, 9.17) is 66.2 Å². The predicted molar refractivity (Wildman–Crippen MR) is 269 cm³/mol. The molecule has 0 saturated carbocycles. The highest BCUT2D eigenvalue weighted by Crippen LogP contribution is 2.28. The van der Waals surface area contributed by atoms with E-state index < -0.39 is 26.7 Å². The molecule has 0 aliphatic carbocycles. The highest BCUT2D eigenvalue weighted by molar-refractivity contribution is 6.34. The van der Waals surface area contributed by atoms with Gasteiger partial charge in [-0.3, -0.25) is 35.1 Å². The zero-order valence-corrected chi connectivity index (χ0v) is 42.3. The van der Waals surface area contributed by atoms with Crippen molar-refractivity contribution in [1.82, 2.24) is 4.90 Å². The van der Waals surface area contributed by atoms with E-state index in [0.29, 0.717) is 23.7 Å². The van der Waals surface area contributed by atoms with Crippen LogP contribution in [0.3, 0.4) is 0 Å². The summed E-state index contributed by atoms with van der Waals surface area (Å²) in [5.41, 5.74) is 5.56. The number of non-ortho nitro benzene ring substituents is 3. The number of aliphatic hydroxyl groups excluding tert-OH is 1. The largest absolute Gasteiger partial charge is 0.500 e. The Labute approximate surface area is 425 Å². The number of nitrogens with zero attached hydrogens (tertiary/aromatic N) is 7. The lowest BCUT2D eigenvalue weighted by atomic mass is 10.2. The zero-order chi connectivity index (χ0) is 55.1. The molecule has 0 radical (unpaired) electrons. The van der Waals surface area contributed by atoms with E-state index in [9.17, 15) is 44.7 Å². The Morgan fingerprint density at radius 2 is 0.986 bits per heavy atom. The molecule has 0 bridgehead atoms. The van der Waals surface area contributed by atoms with E-state index in [0.717, 1.165) is 24.5 Å². The first-order valence-electron chi connectivity index (χ1n) is 20.8. The predicted octanol–water partition coefficient (Wildman–Crippen LogP) is 9.46. The summed E-state index contributed by atoms with van der Waals surface area (Å²) in [5, 5.41) is 70.4. The van der Waals surface area contributed by atoms with E-state index in [-0.39, 0.29) is 74.5 Å². The van der Waals surface area contributed by atoms with Gasteiger partial charge in [-0.2, -0.15) is 15.8 Å². The fourth-order valence-corrected chi connectivity index (χ4v) is 4.75. The molecular formula is C45H55Cl3N10O13. The van der Waals surface area contributed by atoms with Crippen LogP contribution in [-0.4, -0.2) is 88.6 Å². The van der Waals surface area contributed by atoms with Crippen molar-refractivity contribution < 1.29 is 48.5 Å². The van der Waals surface area contributed by atoms with Crippen LogP contribution < -0.4 is 16.4 Å². The third kappa shape index (κ3) is 29.6. The van der Waals surface area contributed by atoms with Crippen LogP contribution >= 0.6 is 34.8 Å². The molecule has 71 heavy (non-hydrogen) atoms. The van der Waals surface area contributed by atoms with Crippen LogP contribution in [0, 0.1) is 64.3 Å². The van der Waals surface area contributed by atoms with E-state index >= 15 is 0 Å². The molecule has 0 amide bonds. The van der Waals surface area contributed by atoms with Gasteiger partial charge in [-0.25, -0.2) is 9.59 Å². The highest BCUT2D eigenvalue weighted by atomic mass is 35.5. The maximum absolute atomic E-state index is 11.3. The minimum Gasteiger partial charge on any atom is -0.500 e. The number of carbonyl (C=O) groups excluding carboxylic acids is 3. The number of hydrogen-bond donors (Lipinski definition) is 4. The van der Waals surface area contributed by atoms with E-state index in [1.807, 2.05) is 0 Å². The number of ether oxygens (including phenoxy) is 3. The molecule has 0 aliphatic rings. The minimum atomic E-state index is -0.763. The van der Waals surface area contributed by atoms with Gasteiger partial charge in [0.05, 0.1) is 66.7 Å². The lowest BCUT2D eigenvalue weighted by Crippen LogP contribution is -2.21. The van der Waals surface area contributed by atoms with Crippen molar-refractivity contribution in [2.45, 2.75) is 55.4 Å². The van der Waals surface area contributed by atoms with Gasteiger partial charge in [0.2, 0.25) is 0 Å². The number of nitro benzene ring substituents is 3. The van der Waals surface area contributed by atoms with Crippen LogP contribution in [0.1, 0.15) is 55.4 Å². The summed E-state index contributed by atoms with van der Waals surface area (Å²) in [6, 6.07) is 16.6. The van der Waals surface area contributed by atoms with E-state index in [1.165, 1.54) is 75.3 Å². The van der Waals surface area contributed by atoms with Crippen LogP contribution in [0.15, 0.2) is 90.0 Å². The lowest BCUT2D eigenvalue weighted by Gasteiger charge is -2.13. The van der Waals surface area contributed by atoms with Gasteiger partial charge >= 0.3 is 11.9 Å². The summed E-state index contributed by atoms with van der Waals surface area (Å²) in [6.45, 7) is 19.2. The molecule has 0 aliphatic heterocycles. The van der Waals surface area contributed by atoms with E-state index in [2.05, 4.69) is 45.8 Å². The number of rotatable bonds is 17. The molecule has 0 aromatic heterocycles. The van der Waals surface area contributed by atoms with Gasteiger partial charge in [-0.15, -0.1) is 0 Å². The first kappa shape index (κ1) is 67.4. The number of ketones is 1. The Bertz CT molecular complexity index is 2330. The number of hydrogen-bond acceptors (Lipinski definition) is 20. The maximum Gasteiger partial charge on any atom is 0.350 e. The summed E-state index contributed by atoms with van der Waals surface area (Å²) in [7, 11) is 0. The molecular weight excluding hydrogens is 995 g/mol. The number of Topliss-reactive ketones (excluding diaryl/α,β-unsaturated/α-hetero) is 1. The number of nitrogens with one attached hydrogen (secondary N) is 2. The number of halogens is 3. The standard InChI is InChI=1S/2C12H10ClN3O4.C7H9NO2.C6H5ClN2O2.C6H15N.C2H6O/c2*1-2-20-12(17)8(6-14)7-15-11-4-3-9(16(18)19)5-10(11)13;1-3-10-5-7(4-8)6(2)9;7-5-3-4(9(10)11)1-2-6(5)8;1-4-7(5-2)6-3;1-2-3/h2*3-5,7,15H,2H2,1H3;5H,3H2,1-2H3;1-3H,8H2;4-6H2,1-3H3;3H,2H2,1H3/b8-7+;8-7-;7-5+;;;. The Hall–Kier alpha value is -7.85. The zero-order valence-electron chi connectivity index (χ0n) is 40.1. The Kier molecular flexibility index (Phi) is 38.1. The summed E-state index contributed by atoms with van der Waals surface area (Å²) in [5.74, 6) is -1.79. The van der Waals surface area contributed by atoms with Gasteiger partial charge in [-0.05, 0) is 72.5 Å². The number of nitriles is 3. The van der Waals surface area contributed by atoms with Crippen molar-refractivity contribution in [2.24, 2.45) is 0 Å². The molecule has 0 heterocycles. The number of carbonyl (C=O) groups is 3. The molecule has 3 rings (SSSR count). The summed E-state index contributed by atoms with van der Waals surface area (Å²) < 4.78 is 14.1. The molecule has 5 N–H and O–H groups in total. The molecule has 0 unspecified atom stereocenters.